The Hall–Kier alpha value is -6.90. The van der Waals surface area contributed by atoms with E-state index in [2.05, 4.69) is 210 Å². The van der Waals surface area contributed by atoms with Crippen LogP contribution >= 0.6 is 0 Å². The Morgan fingerprint density at radius 2 is 1.09 bits per heavy atom. The molecule has 0 fully saturated rings. The second-order valence-corrected chi connectivity index (χ2v) is 15.5. The van der Waals surface area contributed by atoms with Crippen molar-refractivity contribution >= 4 is 54.8 Å². The fourth-order valence-electron chi connectivity index (χ4n) is 10.0. The summed E-state index contributed by atoms with van der Waals surface area (Å²) in [5, 5.41) is 5.12. The van der Waals surface area contributed by atoms with Crippen molar-refractivity contribution in [1.82, 2.24) is 9.13 Å². The quantitative estimate of drug-likeness (QED) is 0.173. The zero-order chi connectivity index (χ0) is 36.3. The van der Waals surface area contributed by atoms with Gasteiger partial charge in [0.1, 0.15) is 0 Å². The molecule has 2 heterocycles. The molecule has 3 aliphatic carbocycles. The first-order valence-electron chi connectivity index (χ1n) is 19.3. The maximum atomic E-state index is 2.62. The maximum absolute atomic E-state index is 2.62. The molecule has 0 radical (unpaired) electrons. The molecule has 258 valence electrons. The van der Waals surface area contributed by atoms with Crippen molar-refractivity contribution in [2.45, 2.75) is 12.5 Å². The molecule has 0 saturated carbocycles. The average molecular weight is 701 g/mol. The molecule has 2 unspecified atom stereocenters. The Bertz CT molecular complexity index is 3200. The second kappa shape index (κ2) is 11.3. The lowest BCUT2D eigenvalue weighted by atomic mass is 9.71. The fourth-order valence-corrected chi connectivity index (χ4v) is 10.0. The van der Waals surface area contributed by atoms with E-state index in [1.165, 1.54) is 99.4 Å². The molecule has 0 saturated heterocycles. The molecule has 3 aliphatic rings. The Morgan fingerprint density at radius 3 is 1.89 bits per heavy atom. The van der Waals surface area contributed by atoms with Gasteiger partial charge in [0.2, 0.25) is 0 Å². The van der Waals surface area contributed by atoms with Crippen LogP contribution in [0.15, 0.2) is 200 Å². The number of rotatable bonds is 4. The van der Waals surface area contributed by atoms with Crippen molar-refractivity contribution in [2.75, 3.05) is 0 Å². The molecule has 0 spiro atoms. The van der Waals surface area contributed by atoms with E-state index in [4.69, 9.17) is 0 Å². The van der Waals surface area contributed by atoms with Crippen LogP contribution in [0.1, 0.15) is 18.1 Å². The molecular formula is C53H36N2. The molecule has 0 bridgehead atoms. The number of allylic oxidation sites excluding steroid dienone is 8. The van der Waals surface area contributed by atoms with Crippen molar-refractivity contribution < 1.29 is 0 Å². The first kappa shape index (κ1) is 30.6. The third-order valence-electron chi connectivity index (χ3n) is 12.6. The number of benzene rings is 7. The molecule has 12 rings (SSSR count). The Balaban J connectivity index is 0.957. The summed E-state index contributed by atoms with van der Waals surface area (Å²) < 4.78 is 5.00. The minimum atomic E-state index is -0.303. The molecule has 7 aromatic carbocycles. The van der Waals surface area contributed by atoms with Crippen molar-refractivity contribution in [1.29, 1.82) is 0 Å². The monoisotopic (exact) mass is 700 g/mol. The number of fused-ring (bicyclic) bond motifs is 9. The predicted octanol–water partition coefficient (Wildman–Crippen LogP) is 13.5. The van der Waals surface area contributed by atoms with Gasteiger partial charge in [-0.15, -0.1) is 0 Å². The van der Waals surface area contributed by atoms with E-state index in [1.807, 2.05) is 0 Å². The minimum absolute atomic E-state index is 0.209. The highest BCUT2D eigenvalue weighted by atomic mass is 15.1. The standard InChI is InChI=1S/C53H36N2/c1-53(31-30-45-40-15-6-5-14-39(40)44-18-11-19-47(53)52(44)45)55-50-21-10-8-16-41(50)43-28-26-37(33-51(43)55)35-24-22-34(23-25-35)36-27-29-49-46(32-36)42-17-7-9-20-48(42)54(49)38-12-3-2-4-13-38/h2-33,47H,1H3. The van der Waals surface area contributed by atoms with Gasteiger partial charge in [0.25, 0.3) is 0 Å². The molecule has 2 aromatic heterocycles. The molecular weight excluding hydrogens is 665 g/mol. The van der Waals surface area contributed by atoms with E-state index in [0.29, 0.717) is 0 Å². The molecule has 2 nitrogen and oxygen atoms in total. The molecule has 55 heavy (non-hydrogen) atoms. The van der Waals surface area contributed by atoms with Gasteiger partial charge in [-0.3, -0.25) is 0 Å². The predicted molar refractivity (Wildman–Crippen MR) is 231 cm³/mol. The number of hydrogen-bond acceptors (Lipinski definition) is 0. The van der Waals surface area contributed by atoms with Crippen molar-refractivity contribution in [3.05, 3.63) is 211 Å². The van der Waals surface area contributed by atoms with Gasteiger partial charge in [-0.25, -0.2) is 0 Å². The molecule has 9 aromatic rings. The van der Waals surface area contributed by atoms with E-state index in [-0.39, 0.29) is 11.5 Å². The van der Waals surface area contributed by atoms with E-state index < -0.39 is 0 Å². The van der Waals surface area contributed by atoms with Gasteiger partial charge in [0, 0.05) is 38.7 Å². The Labute approximate surface area is 319 Å². The van der Waals surface area contributed by atoms with Crippen LogP contribution in [0.3, 0.4) is 0 Å². The van der Waals surface area contributed by atoms with E-state index in [0.717, 1.165) is 0 Å². The van der Waals surface area contributed by atoms with Crippen LogP contribution < -0.4 is 0 Å². The smallest absolute Gasteiger partial charge is 0.0712 e. The topological polar surface area (TPSA) is 9.86 Å². The third-order valence-corrected chi connectivity index (χ3v) is 12.6. The normalized spacial score (nSPS) is 18.4. The van der Waals surface area contributed by atoms with Crippen LogP contribution in [0.25, 0.3) is 82.7 Å². The number of aromatic nitrogens is 2. The van der Waals surface area contributed by atoms with Gasteiger partial charge in [0.15, 0.2) is 0 Å². The Morgan fingerprint density at radius 1 is 0.491 bits per heavy atom. The highest BCUT2D eigenvalue weighted by Gasteiger charge is 2.44. The Kier molecular flexibility index (Phi) is 6.28. The first-order chi connectivity index (χ1) is 27.2. The number of nitrogens with zero attached hydrogens (tertiary/aromatic N) is 2. The van der Waals surface area contributed by atoms with Crippen molar-refractivity contribution in [3.63, 3.8) is 0 Å². The molecule has 0 N–H and O–H groups in total. The highest BCUT2D eigenvalue weighted by molar-refractivity contribution is 6.12. The summed E-state index contributed by atoms with van der Waals surface area (Å²) in [4.78, 5) is 0. The molecule has 2 heteroatoms. The van der Waals surface area contributed by atoms with Crippen LogP contribution in [0.2, 0.25) is 0 Å². The molecule has 2 atom stereocenters. The average Bonchev–Trinajstić information content (AvgIpc) is 3.88. The van der Waals surface area contributed by atoms with Crippen LogP contribution in [-0.4, -0.2) is 9.13 Å². The number of para-hydroxylation sites is 3. The van der Waals surface area contributed by atoms with Gasteiger partial charge >= 0.3 is 0 Å². The summed E-state index contributed by atoms with van der Waals surface area (Å²) in [6.45, 7) is 2.43. The van der Waals surface area contributed by atoms with Crippen LogP contribution in [0.5, 0.6) is 0 Å². The summed E-state index contributed by atoms with van der Waals surface area (Å²) in [5.41, 5.74) is 17.6. The maximum Gasteiger partial charge on any atom is 0.0712 e. The highest BCUT2D eigenvalue weighted by Crippen LogP contribution is 2.55. The van der Waals surface area contributed by atoms with E-state index >= 15 is 0 Å². The van der Waals surface area contributed by atoms with E-state index in [9.17, 15) is 0 Å². The summed E-state index contributed by atoms with van der Waals surface area (Å²) in [7, 11) is 0. The summed E-state index contributed by atoms with van der Waals surface area (Å²) in [6, 6.07) is 60.3. The zero-order valence-electron chi connectivity index (χ0n) is 30.4. The van der Waals surface area contributed by atoms with Crippen LogP contribution in [0.4, 0.5) is 0 Å². The number of hydrogen-bond donors (Lipinski definition) is 0. The van der Waals surface area contributed by atoms with Gasteiger partial charge in [0.05, 0.1) is 22.1 Å². The molecule has 0 amide bonds. The lowest BCUT2D eigenvalue weighted by Crippen LogP contribution is -2.38. The SMILES string of the molecule is CC1(n2c3ccccc3c3ccc(-c4ccc(-c5ccc6c(c5)c5ccccc5n6-c5ccccc5)cc4)cc32)C=CC2=C3C(=CC=CC31)c1ccccc12. The van der Waals surface area contributed by atoms with Crippen molar-refractivity contribution in [3.8, 4) is 27.9 Å². The third kappa shape index (κ3) is 4.25. The lowest BCUT2D eigenvalue weighted by molar-refractivity contribution is 0.359. The molecule has 0 aliphatic heterocycles. The lowest BCUT2D eigenvalue weighted by Gasteiger charge is -2.41. The van der Waals surface area contributed by atoms with Crippen molar-refractivity contribution in [2.24, 2.45) is 5.92 Å². The summed E-state index contributed by atoms with van der Waals surface area (Å²) in [5.74, 6) is 0.209. The van der Waals surface area contributed by atoms with Crippen LogP contribution in [-0.2, 0) is 5.54 Å². The largest absolute Gasteiger partial charge is 0.330 e. The van der Waals surface area contributed by atoms with Gasteiger partial charge in [-0.2, -0.15) is 0 Å². The minimum Gasteiger partial charge on any atom is -0.330 e. The first-order valence-corrected chi connectivity index (χ1v) is 19.3. The van der Waals surface area contributed by atoms with Gasteiger partial charge in [-0.05, 0) is 99.5 Å². The van der Waals surface area contributed by atoms with Gasteiger partial charge in [-0.1, -0.05) is 152 Å². The zero-order valence-corrected chi connectivity index (χ0v) is 30.4. The summed E-state index contributed by atoms with van der Waals surface area (Å²) >= 11 is 0. The van der Waals surface area contributed by atoms with E-state index in [1.54, 1.807) is 0 Å². The van der Waals surface area contributed by atoms with Crippen LogP contribution in [0, 0.1) is 5.92 Å². The summed E-state index contributed by atoms with van der Waals surface area (Å²) in [6.07, 6.45) is 11.9. The second-order valence-electron chi connectivity index (χ2n) is 15.5. The van der Waals surface area contributed by atoms with Gasteiger partial charge < -0.3 is 9.13 Å². The fraction of sp³-hybridized carbons (Fsp3) is 0.0566.